The van der Waals surface area contributed by atoms with Crippen molar-refractivity contribution in [1.29, 1.82) is 0 Å². The van der Waals surface area contributed by atoms with Crippen molar-refractivity contribution in [3.63, 3.8) is 0 Å². The Morgan fingerprint density at radius 1 is 0.775 bits per heavy atom. The van der Waals surface area contributed by atoms with E-state index in [4.69, 9.17) is 14.3 Å². The quantitative estimate of drug-likeness (QED) is 0.216. The molecule has 0 saturated carbocycles. The Morgan fingerprint density at radius 2 is 1.48 bits per heavy atom. The number of halogens is 1. The summed E-state index contributed by atoms with van der Waals surface area (Å²) in [6.07, 6.45) is -0.953. The molecule has 2 heterocycles. The minimum absolute atomic E-state index is 0.303. The molecule has 6 rings (SSSR count). The molecule has 0 bridgehead atoms. The third-order valence-corrected chi connectivity index (χ3v) is 7.59. The maximum atomic E-state index is 13.9. The minimum Gasteiger partial charge on any atom is -0.490 e. The van der Waals surface area contributed by atoms with E-state index in [9.17, 15) is 9.59 Å². The lowest BCUT2D eigenvalue weighted by Gasteiger charge is -2.29. The van der Waals surface area contributed by atoms with E-state index in [-0.39, 0.29) is 11.8 Å². The Morgan fingerprint density at radius 3 is 2.17 bits per heavy atom. The summed E-state index contributed by atoms with van der Waals surface area (Å²) in [6, 6.07) is 31.6. The van der Waals surface area contributed by atoms with Crippen LogP contribution in [0.2, 0.25) is 0 Å². The van der Waals surface area contributed by atoms with Gasteiger partial charge in [-0.2, -0.15) is 0 Å². The molecule has 0 spiro atoms. The molecule has 2 aliphatic rings. The summed E-state index contributed by atoms with van der Waals surface area (Å²) in [5.41, 5.74) is 3.09. The first-order chi connectivity index (χ1) is 19.5. The molecule has 0 radical (unpaired) electrons. The fourth-order valence-corrected chi connectivity index (χ4v) is 5.49. The number of hydrogen-bond acceptors (Lipinski definition) is 6. The second kappa shape index (κ2) is 11.2. The predicted molar refractivity (Wildman–Crippen MR) is 155 cm³/mol. The van der Waals surface area contributed by atoms with E-state index in [0.717, 1.165) is 21.3 Å². The van der Waals surface area contributed by atoms with Crippen molar-refractivity contribution >= 4 is 39.1 Å². The van der Waals surface area contributed by atoms with Gasteiger partial charge < -0.3 is 9.47 Å². The molecule has 0 aliphatic carbocycles. The van der Waals surface area contributed by atoms with Gasteiger partial charge in [0.1, 0.15) is 12.5 Å². The zero-order valence-corrected chi connectivity index (χ0v) is 23.4. The minimum atomic E-state index is -0.953. The third-order valence-electron chi connectivity index (χ3n) is 7.06. The molecule has 2 saturated heterocycles. The average molecular weight is 599 g/mol. The number of rotatable bonds is 8. The smallest absolute Gasteiger partial charge is 0.266 e. The van der Waals surface area contributed by atoms with Crippen LogP contribution in [0, 0.1) is 5.92 Å². The molecular formula is C32H27BrN2O5. The summed E-state index contributed by atoms with van der Waals surface area (Å²) >= 11 is 3.41. The van der Waals surface area contributed by atoms with Crippen LogP contribution in [-0.4, -0.2) is 24.5 Å². The van der Waals surface area contributed by atoms with E-state index in [1.807, 2.05) is 85.8 Å². The fraction of sp³-hybridized carbons (Fsp3) is 0.188. The lowest BCUT2D eigenvalue weighted by molar-refractivity contribution is -0.126. The molecule has 3 atom stereocenters. The molecular weight excluding hydrogens is 572 g/mol. The highest BCUT2D eigenvalue weighted by molar-refractivity contribution is 9.10. The van der Waals surface area contributed by atoms with E-state index in [0.29, 0.717) is 30.4 Å². The van der Waals surface area contributed by atoms with Gasteiger partial charge >= 0.3 is 0 Å². The Hall–Kier alpha value is -4.14. The largest absolute Gasteiger partial charge is 0.490 e. The molecule has 8 heteroatoms. The highest BCUT2D eigenvalue weighted by Crippen LogP contribution is 2.48. The first kappa shape index (κ1) is 26.1. The van der Waals surface area contributed by atoms with Crippen molar-refractivity contribution in [2.75, 3.05) is 16.6 Å². The monoisotopic (exact) mass is 598 g/mol. The van der Waals surface area contributed by atoms with Crippen LogP contribution in [-0.2, 0) is 21.0 Å². The molecule has 0 N–H and O–H groups in total. The molecule has 2 aliphatic heterocycles. The standard InChI is InChI=1S/C32H27BrN2O5/c1-2-38-27-19-22(13-18-26(27)39-20-21-9-5-3-6-10-21)29-28-30(40-35(29)25-11-7-4-8-12-25)32(37)34(31(28)36)24-16-14-23(33)15-17-24/h3-19,28-30H,2,20H2,1H3. The SMILES string of the molecule is CCOc1cc(C2C3C(=O)N(c4ccc(Br)cc4)C(=O)C3ON2c2ccccc2)ccc1OCc1ccccc1. The van der Waals surface area contributed by atoms with Crippen molar-refractivity contribution in [2.24, 2.45) is 5.92 Å². The number of carbonyl (C=O) groups excluding carboxylic acids is 2. The number of amides is 2. The van der Waals surface area contributed by atoms with Crippen molar-refractivity contribution in [3.8, 4) is 11.5 Å². The summed E-state index contributed by atoms with van der Waals surface area (Å²) in [5, 5.41) is 1.68. The van der Waals surface area contributed by atoms with Crippen molar-refractivity contribution in [1.82, 2.24) is 0 Å². The highest BCUT2D eigenvalue weighted by Gasteiger charge is 2.60. The summed E-state index contributed by atoms with van der Waals surface area (Å²) in [5.74, 6) is -0.269. The molecule has 202 valence electrons. The average Bonchev–Trinajstić information content (AvgIpc) is 3.49. The van der Waals surface area contributed by atoms with Crippen LogP contribution >= 0.6 is 15.9 Å². The molecule has 3 unspecified atom stereocenters. The Bertz CT molecular complexity index is 1510. The van der Waals surface area contributed by atoms with Gasteiger partial charge in [-0.15, -0.1) is 0 Å². The van der Waals surface area contributed by atoms with Gasteiger partial charge in [-0.3, -0.25) is 14.4 Å². The van der Waals surface area contributed by atoms with Crippen LogP contribution in [0.25, 0.3) is 0 Å². The Balaban J connectivity index is 1.37. The van der Waals surface area contributed by atoms with E-state index in [1.165, 1.54) is 4.90 Å². The first-order valence-electron chi connectivity index (χ1n) is 13.1. The van der Waals surface area contributed by atoms with Crippen molar-refractivity contribution < 1.29 is 23.9 Å². The van der Waals surface area contributed by atoms with Crippen LogP contribution in [0.3, 0.4) is 0 Å². The fourth-order valence-electron chi connectivity index (χ4n) is 5.23. The van der Waals surface area contributed by atoms with Crippen LogP contribution in [0.5, 0.6) is 11.5 Å². The van der Waals surface area contributed by atoms with Crippen LogP contribution in [0.4, 0.5) is 11.4 Å². The summed E-state index contributed by atoms with van der Waals surface area (Å²) < 4.78 is 12.9. The molecule has 7 nitrogen and oxygen atoms in total. The number of benzene rings is 4. The zero-order chi connectivity index (χ0) is 27.6. The van der Waals surface area contributed by atoms with Crippen LogP contribution in [0.1, 0.15) is 24.1 Å². The van der Waals surface area contributed by atoms with E-state index in [1.54, 1.807) is 29.3 Å². The number of carbonyl (C=O) groups is 2. The van der Waals surface area contributed by atoms with Gasteiger partial charge in [0.25, 0.3) is 5.91 Å². The first-order valence-corrected chi connectivity index (χ1v) is 13.9. The third kappa shape index (κ3) is 4.85. The number of anilines is 2. The van der Waals surface area contributed by atoms with Gasteiger partial charge in [0.05, 0.1) is 24.0 Å². The number of ether oxygens (including phenoxy) is 2. The van der Waals surface area contributed by atoms with Crippen LogP contribution < -0.4 is 19.4 Å². The number of hydroxylamine groups is 1. The summed E-state index contributed by atoms with van der Waals surface area (Å²) in [7, 11) is 0. The van der Waals surface area contributed by atoms with Gasteiger partial charge in [0, 0.05) is 4.47 Å². The number of imide groups is 1. The Kier molecular flexibility index (Phi) is 7.28. The van der Waals surface area contributed by atoms with Crippen molar-refractivity contribution in [2.45, 2.75) is 25.7 Å². The number of fused-ring (bicyclic) bond motifs is 1. The lowest BCUT2D eigenvalue weighted by Crippen LogP contribution is -2.37. The van der Waals surface area contributed by atoms with Gasteiger partial charge in [0.15, 0.2) is 17.6 Å². The topological polar surface area (TPSA) is 68.3 Å². The van der Waals surface area contributed by atoms with Crippen molar-refractivity contribution in [3.05, 3.63) is 119 Å². The van der Waals surface area contributed by atoms with E-state index >= 15 is 0 Å². The van der Waals surface area contributed by atoms with E-state index < -0.39 is 18.1 Å². The lowest BCUT2D eigenvalue weighted by atomic mass is 9.90. The van der Waals surface area contributed by atoms with Gasteiger partial charge in [-0.25, -0.2) is 9.96 Å². The second-order valence-corrected chi connectivity index (χ2v) is 10.5. The predicted octanol–water partition coefficient (Wildman–Crippen LogP) is 6.48. The number of hydrogen-bond donors (Lipinski definition) is 0. The van der Waals surface area contributed by atoms with Gasteiger partial charge in [-0.05, 0) is 66.6 Å². The molecule has 2 fully saturated rings. The summed E-state index contributed by atoms with van der Waals surface area (Å²) in [6.45, 7) is 2.74. The highest BCUT2D eigenvalue weighted by atomic mass is 79.9. The molecule has 4 aromatic carbocycles. The Labute approximate surface area is 241 Å². The zero-order valence-electron chi connectivity index (χ0n) is 21.8. The maximum Gasteiger partial charge on any atom is 0.266 e. The molecule has 0 aromatic heterocycles. The van der Waals surface area contributed by atoms with Crippen LogP contribution in [0.15, 0.2) is 108 Å². The maximum absolute atomic E-state index is 13.9. The molecule has 2 amide bonds. The number of nitrogens with zero attached hydrogens (tertiary/aromatic N) is 2. The van der Waals surface area contributed by atoms with Gasteiger partial charge in [-0.1, -0.05) is 70.5 Å². The molecule has 40 heavy (non-hydrogen) atoms. The van der Waals surface area contributed by atoms with Gasteiger partial charge in [0.2, 0.25) is 5.91 Å². The number of para-hydroxylation sites is 1. The second-order valence-electron chi connectivity index (χ2n) is 9.56. The van der Waals surface area contributed by atoms with E-state index in [2.05, 4.69) is 15.9 Å². The summed E-state index contributed by atoms with van der Waals surface area (Å²) in [4.78, 5) is 35.0. The normalized spacial score (nSPS) is 20.1. The molecule has 4 aromatic rings.